The first-order chi connectivity index (χ1) is 30.3. The summed E-state index contributed by atoms with van der Waals surface area (Å²) in [6.07, 6.45) is 26.3. The predicted octanol–water partition coefficient (Wildman–Crippen LogP) is 9.37. The molecule has 330 valence electrons. The van der Waals surface area contributed by atoms with Gasteiger partial charge in [-0.05, 0) is 86.0 Å². The van der Waals surface area contributed by atoms with Crippen molar-refractivity contribution < 1.29 is 61.1 Å². The zero-order chi connectivity index (χ0) is 45.9. The van der Waals surface area contributed by atoms with Crippen molar-refractivity contribution in [3.8, 4) is 0 Å². The Morgan fingerprint density at radius 1 is 0.594 bits per heavy atom. The molecule has 5 aromatic carbocycles. The van der Waals surface area contributed by atoms with Crippen LogP contribution in [-0.4, -0.2) is 54.3 Å². The molecule has 0 saturated carbocycles. The number of benzene rings is 5. The molecule has 9 rings (SSSR count). The van der Waals surface area contributed by atoms with Crippen molar-refractivity contribution in [2.24, 2.45) is 0 Å². The molecule has 0 unspecified atom stereocenters. The Bertz CT molecular complexity index is 3340. The van der Waals surface area contributed by atoms with Gasteiger partial charge in [-0.2, -0.15) is 30.6 Å². The largest absolute Gasteiger partial charge is 0.741 e. The van der Waals surface area contributed by atoms with E-state index in [9.17, 15) is 26.3 Å². The van der Waals surface area contributed by atoms with Gasteiger partial charge in [0.25, 0.3) is 0 Å². The van der Waals surface area contributed by atoms with Gasteiger partial charge in [0.2, 0.25) is 5.35 Å². The lowest BCUT2D eigenvalue weighted by Gasteiger charge is -2.12. The smallest absolute Gasteiger partial charge is 0.485 e. The lowest BCUT2D eigenvalue weighted by molar-refractivity contribution is -0.518. The lowest BCUT2D eigenvalue weighted by Crippen LogP contribution is -2.27. The minimum atomic E-state index is -6.09. The predicted molar refractivity (Wildman–Crippen MR) is 233 cm³/mol. The molecule has 6 aromatic rings. The quantitative estimate of drug-likeness (QED) is 0.0571. The normalized spacial score (nSPS) is 15.1. The van der Waals surface area contributed by atoms with Gasteiger partial charge in [-0.25, -0.2) is 21.4 Å². The molecule has 0 spiro atoms. The molecule has 0 saturated heterocycles. The summed E-state index contributed by atoms with van der Waals surface area (Å²) in [7, 11) is -12.2. The van der Waals surface area contributed by atoms with Crippen LogP contribution in [-0.2, 0) is 26.7 Å². The Morgan fingerprint density at radius 2 is 1.12 bits per heavy atom. The number of fused-ring (bicyclic) bond motifs is 7. The van der Waals surface area contributed by atoms with E-state index < -0.39 is 31.3 Å². The number of aromatic nitrogens is 1. The standard InChI is InChI=1S/C46H38N2.2CHF3O3S/c1-3-11-38-29-33(18-21-36(38)9-1)16-17-35-24-28-48-27-8-14-42-40(23-20-34-19-22-37-10-2-4-12-39(37)30-34)32-41-13-7-26-47-25-6-5-15-43(47)45(41)46(42)44(48)31-35;2*2-1(3,4)8(5,6)7/h1-4,8-12,14,16-25,27-32H,5-7,13,15,26H2;2*(H,5,6,7)/q+2;;/p-2/b17-16+,23-20+;;. The van der Waals surface area contributed by atoms with Crippen molar-refractivity contribution in [1.82, 2.24) is 0 Å². The van der Waals surface area contributed by atoms with E-state index in [4.69, 9.17) is 25.9 Å². The molecule has 3 aliphatic rings. The van der Waals surface area contributed by atoms with Gasteiger partial charge in [-0.1, -0.05) is 103 Å². The maximum atomic E-state index is 10.7. The number of hydrogen-bond acceptors (Lipinski definition) is 6. The van der Waals surface area contributed by atoms with Gasteiger partial charge in [0, 0.05) is 37.5 Å². The van der Waals surface area contributed by atoms with E-state index in [-0.39, 0.29) is 0 Å². The summed E-state index contributed by atoms with van der Waals surface area (Å²) < 4.78 is 123. The van der Waals surface area contributed by atoms with Crippen LogP contribution in [0.25, 0.3) is 57.6 Å². The van der Waals surface area contributed by atoms with Gasteiger partial charge in [0.1, 0.15) is 12.8 Å². The van der Waals surface area contributed by atoms with Gasteiger partial charge in [0.15, 0.2) is 38.3 Å². The fourth-order valence-corrected chi connectivity index (χ4v) is 7.79. The molecule has 0 atom stereocenters. The number of pyridine rings is 1. The zero-order valence-electron chi connectivity index (χ0n) is 33.7. The summed E-state index contributed by atoms with van der Waals surface area (Å²) in [6, 6.07) is 37.7. The first-order valence-electron chi connectivity index (χ1n) is 19.9. The first-order valence-corrected chi connectivity index (χ1v) is 22.7. The van der Waals surface area contributed by atoms with Gasteiger partial charge in [0.05, 0.1) is 10.4 Å². The third kappa shape index (κ3) is 10.6. The Balaban J connectivity index is 0.000000328. The molecule has 0 aliphatic carbocycles. The molecular formula is C48H38F6N2O6S2. The molecule has 16 heteroatoms. The average molecular weight is 917 g/mol. The molecule has 4 heterocycles. The van der Waals surface area contributed by atoms with Crippen molar-refractivity contribution in [1.29, 1.82) is 0 Å². The molecule has 64 heavy (non-hydrogen) atoms. The highest BCUT2D eigenvalue weighted by Gasteiger charge is 2.37. The number of rotatable bonds is 4. The number of alkyl halides is 6. The molecule has 0 radical (unpaired) electrons. The monoisotopic (exact) mass is 916 g/mol. The Kier molecular flexibility index (Phi) is 13.2. The van der Waals surface area contributed by atoms with E-state index in [1.54, 1.807) is 0 Å². The Morgan fingerprint density at radius 3 is 1.69 bits per heavy atom. The summed E-state index contributed by atoms with van der Waals surface area (Å²) in [5.74, 6) is 0. The fourth-order valence-electron chi connectivity index (χ4n) is 7.79. The van der Waals surface area contributed by atoms with Gasteiger partial charge in [-0.15, -0.1) is 0 Å². The summed E-state index contributed by atoms with van der Waals surface area (Å²) in [5, 5.41) is 9.14. The van der Waals surface area contributed by atoms with Crippen molar-refractivity contribution in [3.63, 3.8) is 0 Å². The molecule has 0 N–H and O–H groups in total. The SMILES string of the molecule is C1=Cc2c(/C=C/c3ccc4ccccc4c3)cc3c(c2=c2cc(/C=C/c4ccc5ccccc5c4)cc[n+]2=C1)=C1CCCC=[N+]1CCC3.O=S(=O)([O-])C(F)(F)F.O=S(=O)([O-])C(F)(F)F. The highest BCUT2D eigenvalue weighted by molar-refractivity contribution is 7.86. The lowest BCUT2D eigenvalue weighted by atomic mass is 9.93. The molecule has 0 amide bonds. The van der Waals surface area contributed by atoms with Crippen molar-refractivity contribution in [3.05, 3.63) is 171 Å². The Labute approximate surface area is 364 Å². The third-order valence-corrected chi connectivity index (χ3v) is 11.9. The van der Waals surface area contributed by atoms with Crippen molar-refractivity contribution in [2.45, 2.75) is 43.1 Å². The molecule has 8 nitrogen and oxygen atoms in total. The second-order valence-corrected chi connectivity index (χ2v) is 17.8. The van der Waals surface area contributed by atoms with Crippen LogP contribution < -0.4 is 9.46 Å². The van der Waals surface area contributed by atoms with Crippen LogP contribution in [0.15, 0.2) is 115 Å². The van der Waals surface area contributed by atoms with E-state index in [0.29, 0.717) is 0 Å². The van der Waals surface area contributed by atoms with E-state index in [1.165, 1.54) is 82.8 Å². The summed E-state index contributed by atoms with van der Waals surface area (Å²) in [4.78, 5) is 0. The maximum absolute atomic E-state index is 10.7. The van der Waals surface area contributed by atoms with Crippen LogP contribution in [0.3, 0.4) is 0 Å². The zero-order valence-corrected chi connectivity index (χ0v) is 35.3. The minimum Gasteiger partial charge on any atom is -0.741 e. The first kappa shape index (κ1) is 45.8. The topological polar surface area (TPSA) is 123 Å². The van der Waals surface area contributed by atoms with Crippen LogP contribution in [0.4, 0.5) is 26.3 Å². The molecule has 0 fully saturated rings. The van der Waals surface area contributed by atoms with E-state index in [1.807, 2.05) is 0 Å². The van der Waals surface area contributed by atoms with Gasteiger partial charge >= 0.3 is 11.0 Å². The highest BCUT2D eigenvalue weighted by atomic mass is 32.2. The van der Waals surface area contributed by atoms with Crippen molar-refractivity contribution in [2.75, 3.05) is 6.54 Å². The van der Waals surface area contributed by atoms with E-state index in [0.717, 1.165) is 32.2 Å². The average Bonchev–Trinajstić information content (AvgIpc) is 3.55. The second-order valence-electron chi connectivity index (χ2n) is 15.0. The minimum absolute atomic E-state index is 1.09. The number of halogens is 6. The fraction of sp³-hybridized carbons (Fsp3) is 0.167. The van der Waals surface area contributed by atoms with Crippen LogP contribution in [0.2, 0.25) is 0 Å². The molecule has 1 aromatic heterocycles. The summed E-state index contributed by atoms with van der Waals surface area (Å²) in [5.41, 5.74) is -2.12. The summed E-state index contributed by atoms with van der Waals surface area (Å²) in [6.45, 7) is 1.09. The van der Waals surface area contributed by atoms with Crippen LogP contribution >= 0.6 is 0 Å². The van der Waals surface area contributed by atoms with Crippen molar-refractivity contribution >= 4 is 84.1 Å². The number of hydrogen-bond donors (Lipinski definition) is 0. The number of allylic oxidation sites excluding steroid dienone is 1. The van der Waals surface area contributed by atoms with E-state index in [2.05, 4.69) is 167 Å². The molecule has 0 bridgehead atoms. The molecular weight excluding hydrogens is 879 g/mol. The van der Waals surface area contributed by atoms with Gasteiger partial charge in [-0.3, -0.25) is 0 Å². The highest BCUT2D eigenvalue weighted by Crippen LogP contribution is 2.26. The summed E-state index contributed by atoms with van der Waals surface area (Å²) >= 11 is 0. The number of nitrogens with zero attached hydrogens (tertiary/aromatic N) is 2. The maximum Gasteiger partial charge on any atom is 0.485 e. The van der Waals surface area contributed by atoms with Crippen LogP contribution in [0, 0.1) is 16.8 Å². The third-order valence-electron chi connectivity index (χ3n) is 10.7. The van der Waals surface area contributed by atoms with E-state index >= 15 is 0 Å². The molecule has 3 aliphatic heterocycles. The van der Waals surface area contributed by atoms with Gasteiger partial charge < -0.3 is 9.11 Å². The second kappa shape index (κ2) is 18.5. The van der Waals surface area contributed by atoms with Crippen LogP contribution in [0.5, 0.6) is 0 Å². The Hall–Kier alpha value is -6.20. The van der Waals surface area contributed by atoms with Crippen LogP contribution in [0.1, 0.15) is 59.1 Å². The number of aryl methyl sites for hydroxylation is 1.